The summed E-state index contributed by atoms with van der Waals surface area (Å²) in [5.74, 6) is -0.378. The second-order valence-corrected chi connectivity index (χ2v) is 5.04. The molecule has 0 atom stereocenters. The summed E-state index contributed by atoms with van der Waals surface area (Å²) in [6.07, 6.45) is 1.32. The molecule has 6 heteroatoms. The highest BCUT2D eigenvalue weighted by Gasteiger charge is 2.17. The van der Waals surface area contributed by atoms with Gasteiger partial charge in [-0.2, -0.15) is 5.10 Å². The average Bonchev–Trinajstić information content (AvgIpc) is 2.97. The zero-order valence-corrected chi connectivity index (χ0v) is 11.9. The van der Waals surface area contributed by atoms with E-state index >= 15 is 0 Å². The third-order valence-electron chi connectivity index (χ3n) is 3.57. The van der Waals surface area contributed by atoms with E-state index in [9.17, 15) is 9.18 Å². The van der Waals surface area contributed by atoms with E-state index in [0.717, 1.165) is 5.56 Å². The fourth-order valence-electron chi connectivity index (χ4n) is 2.55. The monoisotopic (exact) mass is 306 g/mol. The van der Waals surface area contributed by atoms with Crippen molar-refractivity contribution in [3.8, 4) is 16.9 Å². The molecule has 2 aromatic heterocycles. The fraction of sp³-hybridized carbons (Fsp3) is 0. The summed E-state index contributed by atoms with van der Waals surface area (Å²) in [6.45, 7) is 0. The molecule has 112 valence electrons. The predicted molar refractivity (Wildman–Crippen MR) is 84.9 cm³/mol. The normalized spacial score (nSPS) is 11.0. The van der Waals surface area contributed by atoms with Gasteiger partial charge < -0.3 is 4.98 Å². The minimum atomic E-state index is -0.378. The third kappa shape index (κ3) is 2.20. The van der Waals surface area contributed by atoms with Crippen LogP contribution in [0.5, 0.6) is 0 Å². The van der Waals surface area contributed by atoms with E-state index in [0.29, 0.717) is 22.4 Å². The van der Waals surface area contributed by atoms with Crippen molar-refractivity contribution in [3.63, 3.8) is 0 Å². The Morgan fingerprint density at radius 3 is 2.65 bits per heavy atom. The second kappa shape index (κ2) is 5.17. The molecular weight excluding hydrogens is 295 g/mol. The van der Waals surface area contributed by atoms with Crippen LogP contribution in [0.2, 0.25) is 0 Å². The predicted octanol–water partition coefficient (Wildman–Crippen LogP) is 2.91. The fourth-order valence-corrected chi connectivity index (χ4v) is 2.55. The Bertz CT molecular complexity index is 1050. The molecule has 23 heavy (non-hydrogen) atoms. The van der Waals surface area contributed by atoms with Gasteiger partial charge in [0.1, 0.15) is 16.9 Å². The molecule has 1 N–H and O–H groups in total. The molecule has 4 rings (SSSR count). The van der Waals surface area contributed by atoms with Gasteiger partial charge >= 0.3 is 0 Å². The zero-order chi connectivity index (χ0) is 15.8. The number of benzene rings is 2. The lowest BCUT2D eigenvalue weighted by Crippen LogP contribution is -2.07. The first kappa shape index (κ1) is 13.4. The van der Waals surface area contributed by atoms with Crippen LogP contribution >= 0.6 is 0 Å². The van der Waals surface area contributed by atoms with Crippen molar-refractivity contribution < 1.29 is 4.39 Å². The van der Waals surface area contributed by atoms with Crippen LogP contribution in [-0.4, -0.2) is 19.7 Å². The van der Waals surface area contributed by atoms with Crippen LogP contribution in [0.3, 0.4) is 0 Å². The van der Waals surface area contributed by atoms with Crippen LogP contribution < -0.4 is 5.56 Å². The van der Waals surface area contributed by atoms with Gasteiger partial charge in [0, 0.05) is 5.56 Å². The molecule has 0 aliphatic rings. The first-order valence-electron chi connectivity index (χ1n) is 7.02. The molecular formula is C17H11FN4O. The molecule has 2 aromatic carbocycles. The standard InChI is InChI=1S/C17H11FN4O/c18-12-7-4-8-13(9-12)22-16-14(17(23)20-10-19-16)15(21-22)11-5-2-1-3-6-11/h1-10H,(H,19,20,23). The third-order valence-corrected chi connectivity index (χ3v) is 3.57. The maximum Gasteiger partial charge on any atom is 0.262 e. The molecule has 0 amide bonds. The van der Waals surface area contributed by atoms with E-state index in [-0.39, 0.29) is 11.4 Å². The van der Waals surface area contributed by atoms with Gasteiger partial charge in [0.2, 0.25) is 0 Å². The minimum absolute atomic E-state index is 0.281. The van der Waals surface area contributed by atoms with Gasteiger partial charge in [-0.25, -0.2) is 14.1 Å². The molecule has 0 aliphatic carbocycles. The van der Waals surface area contributed by atoms with E-state index in [1.165, 1.54) is 23.1 Å². The van der Waals surface area contributed by atoms with Crippen molar-refractivity contribution in [1.29, 1.82) is 0 Å². The number of halogens is 1. The Morgan fingerprint density at radius 1 is 1.04 bits per heavy atom. The number of hydrogen-bond acceptors (Lipinski definition) is 3. The lowest BCUT2D eigenvalue weighted by molar-refractivity contribution is 0.626. The van der Waals surface area contributed by atoms with Gasteiger partial charge in [0.15, 0.2) is 5.65 Å². The molecule has 2 heterocycles. The van der Waals surface area contributed by atoms with Crippen molar-refractivity contribution in [2.45, 2.75) is 0 Å². The van der Waals surface area contributed by atoms with Crippen LogP contribution in [0.25, 0.3) is 28.0 Å². The number of hydrogen-bond donors (Lipinski definition) is 1. The molecule has 0 radical (unpaired) electrons. The smallest absolute Gasteiger partial charge is 0.262 e. The van der Waals surface area contributed by atoms with Gasteiger partial charge in [-0.3, -0.25) is 4.79 Å². The maximum atomic E-state index is 13.5. The zero-order valence-electron chi connectivity index (χ0n) is 11.9. The summed E-state index contributed by atoms with van der Waals surface area (Å²) in [6, 6.07) is 15.4. The van der Waals surface area contributed by atoms with Crippen LogP contribution in [0.4, 0.5) is 4.39 Å². The Kier molecular flexibility index (Phi) is 3.01. The van der Waals surface area contributed by atoms with Gasteiger partial charge in [-0.05, 0) is 18.2 Å². The summed E-state index contributed by atoms with van der Waals surface area (Å²) < 4.78 is 15.0. The molecule has 0 unspecified atom stereocenters. The van der Waals surface area contributed by atoms with Crippen LogP contribution in [0, 0.1) is 5.82 Å². The lowest BCUT2D eigenvalue weighted by atomic mass is 10.1. The van der Waals surface area contributed by atoms with Gasteiger partial charge in [0.05, 0.1) is 12.0 Å². The first-order chi connectivity index (χ1) is 11.2. The highest BCUT2D eigenvalue weighted by Crippen LogP contribution is 2.26. The van der Waals surface area contributed by atoms with Crippen molar-refractivity contribution in [2.75, 3.05) is 0 Å². The molecule has 0 saturated carbocycles. The number of rotatable bonds is 2. The Hall–Kier alpha value is -3.28. The van der Waals surface area contributed by atoms with Crippen molar-refractivity contribution in [3.05, 3.63) is 77.1 Å². The quantitative estimate of drug-likeness (QED) is 0.619. The average molecular weight is 306 g/mol. The Balaban J connectivity index is 2.08. The highest BCUT2D eigenvalue weighted by molar-refractivity contribution is 5.91. The van der Waals surface area contributed by atoms with Gasteiger partial charge in [-0.15, -0.1) is 0 Å². The molecule has 0 aliphatic heterocycles. The Labute approximate surface area is 130 Å². The lowest BCUT2D eigenvalue weighted by Gasteiger charge is -2.02. The number of fused-ring (bicyclic) bond motifs is 1. The van der Waals surface area contributed by atoms with E-state index < -0.39 is 0 Å². The van der Waals surface area contributed by atoms with Gasteiger partial charge in [-0.1, -0.05) is 36.4 Å². The summed E-state index contributed by atoms with van der Waals surface area (Å²) in [7, 11) is 0. The molecule has 5 nitrogen and oxygen atoms in total. The number of nitrogens with zero attached hydrogens (tertiary/aromatic N) is 3. The molecule has 0 saturated heterocycles. The summed E-state index contributed by atoms with van der Waals surface area (Å²) in [4.78, 5) is 19.0. The second-order valence-electron chi connectivity index (χ2n) is 5.04. The molecule has 4 aromatic rings. The minimum Gasteiger partial charge on any atom is -0.312 e. The van der Waals surface area contributed by atoms with E-state index in [4.69, 9.17) is 0 Å². The molecule has 0 fully saturated rings. The number of nitrogens with one attached hydrogen (secondary N) is 1. The number of aromatic nitrogens is 4. The highest BCUT2D eigenvalue weighted by atomic mass is 19.1. The maximum absolute atomic E-state index is 13.5. The largest absolute Gasteiger partial charge is 0.312 e. The topological polar surface area (TPSA) is 63.6 Å². The van der Waals surface area contributed by atoms with Crippen LogP contribution in [0.1, 0.15) is 0 Å². The van der Waals surface area contributed by atoms with Crippen LogP contribution in [-0.2, 0) is 0 Å². The van der Waals surface area contributed by atoms with E-state index in [2.05, 4.69) is 15.1 Å². The van der Waals surface area contributed by atoms with Crippen molar-refractivity contribution in [1.82, 2.24) is 19.7 Å². The van der Waals surface area contributed by atoms with Crippen LogP contribution in [0.15, 0.2) is 65.7 Å². The number of H-pyrrole nitrogens is 1. The Morgan fingerprint density at radius 2 is 1.87 bits per heavy atom. The van der Waals surface area contributed by atoms with Crippen molar-refractivity contribution >= 4 is 11.0 Å². The summed E-state index contributed by atoms with van der Waals surface area (Å²) in [5.41, 5.74) is 1.93. The van der Waals surface area contributed by atoms with Gasteiger partial charge in [0.25, 0.3) is 5.56 Å². The first-order valence-corrected chi connectivity index (χ1v) is 7.02. The van der Waals surface area contributed by atoms with E-state index in [1.807, 2.05) is 30.3 Å². The molecule has 0 spiro atoms. The molecule has 0 bridgehead atoms. The van der Waals surface area contributed by atoms with E-state index in [1.54, 1.807) is 12.1 Å². The SMILES string of the molecule is O=c1[nH]cnc2c1c(-c1ccccc1)nn2-c1cccc(F)c1. The van der Waals surface area contributed by atoms with Crippen molar-refractivity contribution in [2.24, 2.45) is 0 Å². The summed E-state index contributed by atoms with van der Waals surface area (Å²) >= 11 is 0. The summed E-state index contributed by atoms with van der Waals surface area (Å²) in [5, 5.41) is 4.88. The number of aromatic amines is 1.